The molecule has 1 aromatic carbocycles. The summed E-state index contributed by atoms with van der Waals surface area (Å²) in [6.45, 7) is 0.356. The smallest absolute Gasteiger partial charge is 0.406 e. The first kappa shape index (κ1) is 21.1. The summed E-state index contributed by atoms with van der Waals surface area (Å²) in [4.78, 5) is 5.42. The van der Waals surface area contributed by atoms with Crippen LogP contribution in [0, 0.1) is 5.92 Å². The number of nitrogens with one attached hydrogen (secondary N) is 1. The Kier molecular flexibility index (Phi) is 6.79. The van der Waals surface area contributed by atoms with Gasteiger partial charge in [-0.25, -0.2) is 4.99 Å². The molecule has 0 spiro atoms. The molecule has 0 aliphatic carbocycles. The minimum atomic E-state index is -4.75. The van der Waals surface area contributed by atoms with Crippen molar-refractivity contribution in [3.05, 3.63) is 29.8 Å². The summed E-state index contributed by atoms with van der Waals surface area (Å²) in [5.74, 6) is -0.161. The lowest BCUT2D eigenvalue weighted by Crippen LogP contribution is -2.37. The fraction of sp³-hybridized carbons (Fsp3) is 0.562. The van der Waals surface area contributed by atoms with Gasteiger partial charge in [-0.1, -0.05) is 12.1 Å². The maximum Gasteiger partial charge on any atom is 0.573 e. The van der Waals surface area contributed by atoms with Gasteiger partial charge in [-0.2, -0.15) is 13.2 Å². The normalized spacial score (nSPS) is 19.3. The van der Waals surface area contributed by atoms with Crippen LogP contribution in [0.4, 0.5) is 26.3 Å². The van der Waals surface area contributed by atoms with Crippen molar-refractivity contribution < 1.29 is 31.1 Å². The van der Waals surface area contributed by atoms with Gasteiger partial charge in [0.15, 0.2) is 5.96 Å². The Bertz CT molecular complexity index is 629. The molecular formula is C16H20F6N4O. The SMILES string of the molecule is NC(=NCc1ccc(OC(F)(F)F)cc1)NCC1CCN(CC(F)(F)F)C1. The van der Waals surface area contributed by atoms with Crippen molar-refractivity contribution in [2.24, 2.45) is 16.6 Å². The molecule has 152 valence electrons. The van der Waals surface area contributed by atoms with Gasteiger partial charge < -0.3 is 15.8 Å². The first-order valence-corrected chi connectivity index (χ1v) is 8.18. The van der Waals surface area contributed by atoms with Gasteiger partial charge >= 0.3 is 12.5 Å². The summed E-state index contributed by atoms with van der Waals surface area (Å²) in [5.41, 5.74) is 6.35. The zero-order valence-electron chi connectivity index (χ0n) is 14.3. The lowest BCUT2D eigenvalue weighted by Gasteiger charge is -2.18. The van der Waals surface area contributed by atoms with Gasteiger partial charge in [-0.15, -0.1) is 13.2 Å². The zero-order chi connectivity index (χ0) is 20.1. The summed E-state index contributed by atoms with van der Waals surface area (Å²) in [5, 5.41) is 2.87. The largest absolute Gasteiger partial charge is 0.573 e. The third-order valence-electron chi connectivity index (χ3n) is 3.93. The van der Waals surface area contributed by atoms with Crippen LogP contribution >= 0.6 is 0 Å². The molecule has 1 aromatic rings. The highest BCUT2D eigenvalue weighted by molar-refractivity contribution is 5.77. The van der Waals surface area contributed by atoms with E-state index >= 15 is 0 Å². The number of rotatable bonds is 6. The zero-order valence-corrected chi connectivity index (χ0v) is 14.3. The number of halogens is 6. The molecule has 0 radical (unpaired) electrons. The number of alkyl halides is 6. The first-order chi connectivity index (χ1) is 12.5. The molecule has 27 heavy (non-hydrogen) atoms. The molecule has 3 N–H and O–H groups in total. The number of hydrogen-bond donors (Lipinski definition) is 2. The monoisotopic (exact) mass is 398 g/mol. The molecule has 0 saturated carbocycles. The summed E-state index contributed by atoms with van der Waals surface area (Å²) >= 11 is 0. The number of ether oxygens (including phenoxy) is 1. The molecule has 1 aliphatic rings. The van der Waals surface area contributed by atoms with Gasteiger partial charge in [-0.3, -0.25) is 4.90 Å². The number of nitrogens with zero attached hydrogens (tertiary/aromatic N) is 2. The van der Waals surface area contributed by atoms with Crippen molar-refractivity contribution in [2.75, 3.05) is 26.2 Å². The maximum absolute atomic E-state index is 12.4. The molecule has 1 saturated heterocycles. The van der Waals surface area contributed by atoms with Crippen LogP contribution in [0.5, 0.6) is 5.75 Å². The predicted octanol–water partition coefficient (Wildman–Crippen LogP) is 2.87. The van der Waals surface area contributed by atoms with Crippen LogP contribution in [-0.2, 0) is 6.54 Å². The summed E-state index contributed by atoms with van der Waals surface area (Å²) in [6, 6.07) is 5.22. The highest BCUT2D eigenvalue weighted by Gasteiger charge is 2.34. The number of aliphatic imine (C=N–C) groups is 1. The van der Waals surface area contributed by atoms with E-state index in [0.717, 1.165) is 0 Å². The second-order valence-corrected chi connectivity index (χ2v) is 6.28. The van der Waals surface area contributed by atoms with Gasteiger partial charge in [0, 0.05) is 13.1 Å². The number of nitrogens with two attached hydrogens (primary N) is 1. The molecule has 0 amide bonds. The van der Waals surface area contributed by atoms with E-state index in [1.54, 1.807) is 0 Å². The van der Waals surface area contributed by atoms with E-state index in [2.05, 4.69) is 15.0 Å². The molecule has 5 nitrogen and oxygen atoms in total. The van der Waals surface area contributed by atoms with E-state index in [0.29, 0.717) is 31.6 Å². The summed E-state index contributed by atoms with van der Waals surface area (Å²) in [7, 11) is 0. The van der Waals surface area contributed by atoms with Crippen LogP contribution in [0.2, 0.25) is 0 Å². The van der Waals surface area contributed by atoms with E-state index < -0.39 is 19.1 Å². The van der Waals surface area contributed by atoms with Crippen LogP contribution in [0.25, 0.3) is 0 Å². The lowest BCUT2D eigenvalue weighted by molar-refractivity contribution is -0.274. The van der Waals surface area contributed by atoms with Gasteiger partial charge in [-0.05, 0) is 36.6 Å². The third kappa shape index (κ3) is 8.37. The van der Waals surface area contributed by atoms with Crippen molar-refractivity contribution >= 4 is 5.96 Å². The van der Waals surface area contributed by atoms with E-state index in [1.165, 1.54) is 29.2 Å². The van der Waals surface area contributed by atoms with Gasteiger partial charge in [0.2, 0.25) is 0 Å². The molecular weight excluding hydrogens is 378 g/mol. The minimum absolute atomic E-state index is 0.0416. The number of likely N-dealkylation sites (tertiary alicyclic amines) is 1. The highest BCUT2D eigenvalue weighted by atomic mass is 19.4. The Balaban J connectivity index is 1.73. The Hall–Kier alpha value is -2.17. The molecule has 0 bridgehead atoms. The average molecular weight is 398 g/mol. The molecule has 1 atom stereocenters. The summed E-state index contributed by atoms with van der Waals surface area (Å²) < 4.78 is 77.1. The maximum atomic E-state index is 12.4. The number of hydrogen-bond acceptors (Lipinski definition) is 3. The van der Waals surface area contributed by atoms with Crippen molar-refractivity contribution in [1.29, 1.82) is 0 Å². The van der Waals surface area contributed by atoms with Gasteiger partial charge in [0.1, 0.15) is 5.75 Å². The quantitative estimate of drug-likeness (QED) is 0.440. The van der Waals surface area contributed by atoms with Crippen LogP contribution < -0.4 is 15.8 Å². The van der Waals surface area contributed by atoms with Crippen LogP contribution in [-0.4, -0.2) is 49.6 Å². The molecule has 1 fully saturated rings. The topological polar surface area (TPSA) is 62.9 Å². The molecule has 0 aromatic heterocycles. The van der Waals surface area contributed by atoms with Crippen molar-refractivity contribution in [3.63, 3.8) is 0 Å². The van der Waals surface area contributed by atoms with E-state index in [-0.39, 0.29) is 24.2 Å². The minimum Gasteiger partial charge on any atom is -0.406 e. The predicted molar refractivity (Wildman–Crippen MR) is 87.1 cm³/mol. The molecule has 2 rings (SSSR count). The Morgan fingerprint density at radius 2 is 1.85 bits per heavy atom. The molecule has 1 heterocycles. The van der Waals surface area contributed by atoms with Crippen molar-refractivity contribution in [2.45, 2.75) is 25.5 Å². The molecule has 1 unspecified atom stereocenters. The highest BCUT2D eigenvalue weighted by Crippen LogP contribution is 2.23. The fourth-order valence-corrected chi connectivity index (χ4v) is 2.75. The number of benzene rings is 1. The Morgan fingerprint density at radius 3 is 2.44 bits per heavy atom. The van der Waals surface area contributed by atoms with Crippen LogP contribution in [0.1, 0.15) is 12.0 Å². The third-order valence-corrected chi connectivity index (χ3v) is 3.93. The van der Waals surface area contributed by atoms with Gasteiger partial charge in [0.25, 0.3) is 0 Å². The van der Waals surface area contributed by atoms with Crippen LogP contribution in [0.3, 0.4) is 0 Å². The standard InChI is InChI=1S/C16H20F6N4O/c17-15(18,19)10-26-6-5-12(9-26)8-25-14(23)24-7-11-1-3-13(4-2-11)27-16(20,21)22/h1-4,12H,5-10H2,(H3,23,24,25). The van der Waals surface area contributed by atoms with E-state index in [9.17, 15) is 26.3 Å². The Morgan fingerprint density at radius 1 is 1.19 bits per heavy atom. The molecule has 11 heteroatoms. The first-order valence-electron chi connectivity index (χ1n) is 8.18. The number of guanidine groups is 1. The van der Waals surface area contributed by atoms with Gasteiger partial charge in [0.05, 0.1) is 13.1 Å². The summed E-state index contributed by atoms with van der Waals surface area (Å²) in [6.07, 6.45) is -8.32. The van der Waals surface area contributed by atoms with E-state index in [4.69, 9.17) is 5.73 Å². The van der Waals surface area contributed by atoms with E-state index in [1.807, 2.05) is 0 Å². The average Bonchev–Trinajstić information content (AvgIpc) is 2.96. The lowest BCUT2D eigenvalue weighted by atomic mass is 10.1. The Labute approximate surface area is 152 Å². The second-order valence-electron chi connectivity index (χ2n) is 6.28. The second kappa shape index (κ2) is 8.68. The fourth-order valence-electron chi connectivity index (χ4n) is 2.75. The molecule has 1 aliphatic heterocycles. The van der Waals surface area contributed by atoms with Crippen molar-refractivity contribution in [3.8, 4) is 5.75 Å². The van der Waals surface area contributed by atoms with Crippen LogP contribution in [0.15, 0.2) is 29.3 Å². The van der Waals surface area contributed by atoms with Crippen molar-refractivity contribution in [1.82, 2.24) is 10.2 Å².